The molecule has 0 saturated heterocycles. The van der Waals surface area contributed by atoms with Gasteiger partial charge in [-0.15, -0.1) is 0 Å². The summed E-state index contributed by atoms with van der Waals surface area (Å²) < 4.78 is 6.39. The van der Waals surface area contributed by atoms with Crippen molar-refractivity contribution >= 4 is 33.9 Å². The van der Waals surface area contributed by atoms with Crippen molar-refractivity contribution in [2.75, 3.05) is 0 Å². The van der Waals surface area contributed by atoms with E-state index in [2.05, 4.69) is 21.2 Å². The van der Waals surface area contributed by atoms with Gasteiger partial charge in [0.2, 0.25) is 5.91 Å². The minimum absolute atomic E-state index is 0.0769. The zero-order valence-electron chi connectivity index (χ0n) is 18.9. The summed E-state index contributed by atoms with van der Waals surface area (Å²) in [6.07, 6.45) is -0.230. The second-order valence-electron chi connectivity index (χ2n) is 8.39. The number of carboxylic acids is 1. The van der Waals surface area contributed by atoms with Gasteiger partial charge < -0.3 is 15.2 Å². The molecule has 2 N–H and O–H groups in total. The number of ether oxygens (including phenoxy) is 1. The molecular formula is C27H25BrN2O5. The lowest BCUT2D eigenvalue weighted by Crippen LogP contribution is -2.56. The van der Waals surface area contributed by atoms with Crippen molar-refractivity contribution in [3.8, 4) is 0 Å². The Kier molecular flexibility index (Phi) is 7.82. The van der Waals surface area contributed by atoms with Crippen LogP contribution in [-0.2, 0) is 40.3 Å². The van der Waals surface area contributed by atoms with Gasteiger partial charge in [0.05, 0.1) is 6.54 Å². The summed E-state index contributed by atoms with van der Waals surface area (Å²) >= 11 is 3.36. The molecular weight excluding hydrogens is 512 g/mol. The zero-order valence-corrected chi connectivity index (χ0v) is 20.5. The number of rotatable bonds is 7. The second kappa shape index (κ2) is 11.2. The van der Waals surface area contributed by atoms with Gasteiger partial charge in [-0.1, -0.05) is 82.7 Å². The monoisotopic (exact) mass is 536 g/mol. The highest BCUT2D eigenvalue weighted by Gasteiger charge is 2.37. The molecule has 0 saturated carbocycles. The van der Waals surface area contributed by atoms with Crippen LogP contribution in [-0.4, -0.2) is 40.1 Å². The van der Waals surface area contributed by atoms with Crippen molar-refractivity contribution in [3.05, 3.63) is 106 Å². The summed E-state index contributed by atoms with van der Waals surface area (Å²) in [5.41, 5.74) is 3.48. The fourth-order valence-electron chi connectivity index (χ4n) is 4.08. The van der Waals surface area contributed by atoms with Crippen LogP contribution in [0.2, 0.25) is 0 Å². The van der Waals surface area contributed by atoms with Gasteiger partial charge in [0.15, 0.2) is 0 Å². The first-order chi connectivity index (χ1) is 16.9. The van der Waals surface area contributed by atoms with Crippen LogP contribution in [0.3, 0.4) is 0 Å². The van der Waals surface area contributed by atoms with Crippen molar-refractivity contribution < 1.29 is 24.2 Å². The highest BCUT2D eigenvalue weighted by molar-refractivity contribution is 9.10. The fraction of sp³-hybridized carbons (Fsp3) is 0.222. The predicted octanol–water partition coefficient (Wildman–Crippen LogP) is 4.32. The Morgan fingerprint density at radius 3 is 2.29 bits per heavy atom. The SMILES string of the molecule is O=C(O)[C@@H](Cc1ccc(Br)cc1)NC(=O)[C@@H]1Cc2ccccc2CN1C(=O)OCc1ccccc1. The van der Waals surface area contributed by atoms with Crippen molar-refractivity contribution in [3.63, 3.8) is 0 Å². The van der Waals surface area contributed by atoms with E-state index >= 15 is 0 Å². The van der Waals surface area contributed by atoms with Gasteiger partial charge in [0.1, 0.15) is 18.7 Å². The first kappa shape index (κ1) is 24.5. The Labute approximate surface area is 211 Å². The molecule has 0 aliphatic carbocycles. The van der Waals surface area contributed by atoms with Crippen LogP contribution in [0.15, 0.2) is 83.3 Å². The third kappa shape index (κ3) is 6.27. The number of carbonyl (C=O) groups is 3. The lowest BCUT2D eigenvalue weighted by Gasteiger charge is -2.35. The number of carboxylic acid groups (broad SMARTS) is 1. The first-order valence-electron chi connectivity index (χ1n) is 11.2. The van der Waals surface area contributed by atoms with Gasteiger partial charge in [-0.3, -0.25) is 9.69 Å². The van der Waals surface area contributed by atoms with Crippen molar-refractivity contribution in [2.24, 2.45) is 0 Å². The average molecular weight is 537 g/mol. The average Bonchev–Trinajstić information content (AvgIpc) is 2.87. The Balaban J connectivity index is 1.51. The lowest BCUT2D eigenvalue weighted by molar-refractivity contribution is -0.142. The Morgan fingerprint density at radius 1 is 0.943 bits per heavy atom. The van der Waals surface area contributed by atoms with Gasteiger partial charge in [0.25, 0.3) is 0 Å². The number of nitrogens with one attached hydrogen (secondary N) is 1. The molecule has 1 heterocycles. The van der Waals surface area contributed by atoms with Crippen LogP contribution in [0, 0.1) is 0 Å². The summed E-state index contributed by atoms with van der Waals surface area (Å²) in [4.78, 5) is 39.7. The molecule has 1 aliphatic rings. The molecule has 0 spiro atoms. The molecule has 2 atom stereocenters. The molecule has 4 rings (SSSR count). The molecule has 35 heavy (non-hydrogen) atoms. The minimum atomic E-state index is -1.14. The standard InChI is InChI=1S/C27H25BrN2O5/c28-22-12-10-18(11-13-22)14-23(26(32)33)29-25(31)24-15-20-8-4-5-9-21(20)16-30(24)27(34)35-17-19-6-2-1-3-7-19/h1-13,23-24H,14-17H2,(H,29,31)(H,32,33)/t23-,24+/m1/s1. The quantitative estimate of drug-likeness (QED) is 0.468. The van der Waals surface area contributed by atoms with Crippen LogP contribution in [0.4, 0.5) is 4.79 Å². The number of fused-ring (bicyclic) bond motifs is 1. The van der Waals surface area contributed by atoms with E-state index in [1.807, 2.05) is 66.7 Å². The van der Waals surface area contributed by atoms with Crippen LogP contribution >= 0.6 is 15.9 Å². The fourth-order valence-corrected chi connectivity index (χ4v) is 4.34. The Hall–Kier alpha value is -3.65. The predicted molar refractivity (Wildman–Crippen MR) is 134 cm³/mol. The van der Waals surface area contributed by atoms with Gasteiger partial charge in [-0.25, -0.2) is 9.59 Å². The number of amides is 2. The van der Waals surface area contributed by atoms with Gasteiger partial charge >= 0.3 is 12.1 Å². The number of halogens is 1. The van der Waals surface area contributed by atoms with E-state index in [9.17, 15) is 19.5 Å². The molecule has 0 radical (unpaired) electrons. The van der Waals surface area contributed by atoms with E-state index in [0.717, 1.165) is 26.7 Å². The van der Waals surface area contributed by atoms with Crippen molar-refractivity contribution in [2.45, 2.75) is 38.1 Å². The molecule has 0 bridgehead atoms. The second-order valence-corrected chi connectivity index (χ2v) is 9.30. The molecule has 3 aromatic carbocycles. The topological polar surface area (TPSA) is 95.9 Å². The molecule has 8 heteroatoms. The van der Waals surface area contributed by atoms with Crippen LogP contribution in [0.25, 0.3) is 0 Å². The normalized spacial score (nSPS) is 15.6. The van der Waals surface area contributed by atoms with E-state index in [1.165, 1.54) is 4.90 Å². The van der Waals surface area contributed by atoms with Crippen molar-refractivity contribution in [1.29, 1.82) is 0 Å². The molecule has 0 unspecified atom stereocenters. The van der Waals surface area contributed by atoms with Crippen LogP contribution < -0.4 is 5.32 Å². The maximum Gasteiger partial charge on any atom is 0.411 e. The van der Waals surface area contributed by atoms with Crippen LogP contribution in [0.1, 0.15) is 22.3 Å². The van der Waals surface area contributed by atoms with E-state index in [1.54, 1.807) is 12.1 Å². The number of hydrogen-bond acceptors (Lipinski definition) is 4. The van der Waals surface area contributed by atoms with E-state index in [0.29, 0.717) is 0 Å². The van der Waals surface area contributed by atoms with E-state index < -0.39 is 30.1 Å². The summed E-state index contributed by atoms with van der Waals surface area (Å²) in [6.45, 7) is 0.278. The number of nitrogens with zero attached hydrogens (tertiary/aromatic N) is 1. The van der Waals surface area contributed by atoms with Gasteiger partial charge in [-0.05, 0) is 34.4 Å². The number of aliphatic carboxylic acids is 1. The van der Waals surface area contributed by atoms with Gasteiger partial charge in [0, 0.05) is 17.3 Å². The number of benzene rings is 3. The summed E-state index contributed by atoms with van der Waals surface area (Å²) in [5, 5.41) is 12.4. The highest BCUT2D eigenvalue weighted by atomic mass is 79.9. The van der Waals surface area contributed by atoms with Crippen molar-refractivity contribution in [1.82, 2.24) is 10.2 Å². The molecule has 0 fully saturated rings. The molecule has 7 nitrogen and oxygen atoms in total. The van der Waals surface area contributed by atoms with Crippen LogP contribution in [0.5, 0.6) is 0 Å². The zero-order chi connectivity index (χ0) is 24.8. The first-order valence-corrected chi connectivity index (χ1v) is 12.0. The Bertz CT molecular complexity index is 1200. The Morgan fingerprint density at radius 2 is 1.60 bits per heavy atom. The summed E-state index contributed by atoms with van der Waals surface area (Å²) in [5.74, 6) is -1.67. The molecule has 2 amide bonds. The largest absolute Gasteiger partial charge is 0.480 e. The molecule has 3 aromatic rings. The third-order valence-corrected chi connectivity index (χ3v) is 6.49. The minimum Gasteiger partial charge on any atom is -0.480 e. The summed E-state index contributed by atoms with van der Waals surface area (Å²) in [6, 6.07) is 22.1. The smallest absolute Gasteiger partial charge is 0.411 e. The highest BCUT2D eigenvalue weighted by Crippen LogP contribution is 2.25. The maximum atomic E-state index is 13.3. The van der Waals surface area contributed by atoms with Gasteiger partial charge in [-0.2, -0.15) is 0 Å². The van der Waals surface area contributed by atoms with E-state index in [-0.39, 0.29) is 26.0 Å². The maximum absolute atomic E-state index is 13.3. The van der Waals surface area contributed by atoms with E-state index in [4.69, 9.17) is 4.74 Å². The molecule has 1 aliphatic heterocycles. The summed E-state index contributed by atoms with van der Waals surface area (Å²) in [7, 11) is 0. The molecule has 180 valence electrons. The third-order valence-electron chi connectivity index (χ3n) is 5.96. The molecule has 0 aromatic heterocycles. The number of carbonyl (C=O) groups excluding carboxylic acids is 2. The lowest BCUT2D eigenvalue weighted by atomic mass is 9.93. The number of hydrogen-bond donors (Lipinski definition) is 2.